The molecule has 21 heavy (non-hydrogen) atoms. The van der Waals surface area contributed by atoms with Crippen molar-refractivity contribution in [1.82, 2.24) is 0 Å². The standard InChI is InChI=1S/C16H20BrF3O/c1-21-14-8-2-11(3-9-14)10-15(17)12-4-6-13(7-5-12)16(18,19)20/h2-3,8-9,12-13,15H,4-7,10H2,1H3. The maximum absolute atomic E-state index is 12.7. The van der Waals surface area contributed by atoms with Crippen LogP contribution in [0.1, 0.15) is 31.2 Å². The van der Waals surface area contributed by atoms with Crippen molar-refractivity contribution < 1.29 is 17.9 Å². The summed E-state index contributed by atoms with van der Waals surface area (Å²) in [6.45, 7) is 0. The minimum absolute atomic E-state index is 0.236. The Morgan fingerprint density at radius 1 is 1.14 bits per heavy atom. The molecule has 0 amide bonds. The Balaban J connectivity index is 1.85. The topological polar surface area (TPSA) is 9.23 Å². The molecule has 1 nitrogen and oxygen atoms in total. The van der Waals surface area contributed by atoms with E-state index in [9.17, 15) is 13.2 Å². The summed E-state index contributed by atoms with van der Waals surface area (Å²) in [7, 11) is 1.63. The summed E-state index contributed by atoms with van der Waals surface area (Å²) in [5.74, 6) is 0.0377. The summed E-state index contributed by atoms with van der Waals surface area (Å²) in [4.78, 5) is 0.236. The first-order valence-corrected chi connectivity index (χ1v) is 8.15. The Morgan fingerprint density at radius 2 is 1.71 bits per heavy atom. The SMILES string of the molecule is COc1ccc(CC(Br)C2CCC(C(F)(F)F)CC2)cc1. The Morgan fingerprint density at radius 3 is 2.19 bits per heavy atom. The van der Waals surface area contributed by atoms with Gasteiger partial charge < -0.3 is 4.74 Å². The van der Waals surface area contributed by atoms with Crippen molar-refractivity contribution >= 4 is 15.9 Å². The highest BCUT2D eigenvalue weighted by Gasteiger charge is 2.42. The van der Waals surface area contributed by atoms with Gasteiger partial charge in [-0.05, 0) is 55.7 Å². The predicted octanol–water partition coefficient (Wildman–Crippen LogP) is 5.37. The second kappa shape index (κ2) is 7.03. The molecule has 0 saturated heterocycles. The number of hydrogen-bond acceptors (Lipinski definition) is 1. The van der Waals surface area contributed by atoms with Crippen LogP contribution in [0.25, 0.3) is 0 Å². The highest BCUT2D eigenvalue weighted by Crippen LogP contribution is 2.42. The normalized spacial score (nSPS) is 24.6. The van der Waals surface area contributed by atoms with Crippen LogP contribution in [0.4, 0.5) is 13.2 Å². The van der Waals surface area contributed by atoms with E-state index in [0.29, 0.717) is 18.8 Å². The summed E-state index contributed by atoms with van der Waals surface area (Å²) in [5, 5.41) is 0. The van der Waals surface area contributed by atoms with E-state index in [0.717, 1.165) is 12.2 Å². The summed E-state index contributed by atoms with van der Waals surface area (Å²) in [5.41, 5.74) is 1.18. The Labute approximate surface area is 132 Å². The Hall–Kier alpha value is -0.710. The van der Waals surface area contributed by atoms with Gasteiger partial charge in [0.25, 0.3) is 0 Å². The number of halogens is 4. The summed E-state index contributed by atoms with van der Waals surface area (Å²) in [6.07, 6.45) is -1.36. The molecule has 118 valence electrons. The smallest absolute Gasteiger partial charge is 0.391 e. The van der Waals surface area contributed by atoms with E-state index in [1.807, 2.05) is 24.3 Å². The van der Waals surface area contributed by atoms with Gasteiger partial charge in [0.2, 0.25) is 0 Å². The molecule has 1 saturated carbocycles. The molecule has 1 fully saturated rings. The lowest BCUT2D eigenvalue weighted by Crippen LogP contribution is -2.30. The molecule has 0 heterocycles. The van der Waals surface area contributed by atoms with Crippen LogP contribution in [0.2, 0.25) is 0 Å². The van der Waals surface area contributed by atoms with Crippen LogP contribution in [-0.4, -0.2) is 18.1 Å². The highest BCUT2D eigenvalue weighted by molar-refractivity contribution is 9.09. The van der Waals surface area contributed by atoms with Crippen LogP contribution in [0.15, 0.2) is 24.3 Å². The molecule has 0 aliphatic heterocycles. The van der Waals surface area contributed by atoms with Crippen molar-refractivity contribution in [3.8, 4) is 5.75 Å². The van der Waals surface area contributed by atoms with Gasteiger partial charge in [0.1, 0.15) is 5.75 Å². The van der Waals surface area contributed by atoms with Crippen LogP contribution in [0, 0.1) is 11.8 Å². The van der Waals surface area contributed by atoms with E-state index >= 15 is 0 Å². The third kappa shape index (κ3) is 4.63. The lowest BCUT2D eigenvalue weighted by Gasteiger charge is -2.32. The van der Waals surface area contributed by atoms with Gasteiger partial charge >= 0.3 is 6.18 Å². The minimum Gasteiger partial charge on any atom is -0.497 e. The second-order valence-electron chi connectivity index (χ2n) is 5.72. The van der Waals surface area contributed by atoms with Gasteiger partial charge in [0, 0.05) is 4.83 Å². The average Bonchev–Trinajstić information content (AvgIpc) is 2.47. The van der Waals surface area contributed by atoms with Gasteiger partial charge in [-0.15, -0.1) is 0 Å². The quantitative estimate of drug-likeness (QED) is 0.652. The highest BCUT2D eigenvalue weighted by atomic mass is 79.9. The molecule has 1 aromatic rings. The molecule has 1 atom stereocenters. The first kappa shape index (κ1) is 16.7. The zero-order chi connectivity index (χ0) is 15.5. The van der Waals surface area contributed by atoms with Crippen LogP contribution in [-0.2, 0) is 6.42 Å². The van der Waals surface area contributed by atoms with Crippen molar-refractivity contribution in [3.05, 3.63) is 29.8 Å². The van der Waals surface area contributed by atoms with Crippen LogP contribution < -0.4 is 4.74 Å². The number of alkyl halides is 4. The Bertz CT molecular complexity index is 436. The van der Waals surface area contributed by atoms with E-state index in [1.165, 1.54) is 5.56 Å². The fourth-order valence-corrected chi connectivity index (χ4v) is 3.86. The van der Waals surface area contributed by atoms with Crippen LogP contribution >= 0.6 is 15.9 Å². The van der Waals surface area contributed by atoms with Crippen LogP contribution in [0.3, 0.4) is 0 Å². The molecule has 0 spiro atoms. The van der Waals surface area contributed by atoms with Crippen LogP contribution in [0.5, 0.6) is 5.75 Å². The lowest BCUT2D eigenvalue weighted by atomic mass is 9.79. The van der Waals surface area contributed by atoms with Gasteiger partial charge in [-0.1, -0.05) is 28.1 Å². The number of hydrogen-bond donors (Lipinski definition) is 0. The van der Waals surface area contributed by atoms with E-state index < -0.39 is 12.1 Å². The van der Waals surface area contributed by atoms with Gasteiger partial charge in [0.15, 0.2) is 0 Å². The Kier molecular flexibility index (Phi) is 5.58. The van der Waals surface area contributed by atoms with Crippen molar-refractivity contribution in [2.24, 2.45) is 11.8 Å². The maximum atomic E-state index is 12.7. The van der Waals surface area contributed by atoms with E-state index in [4.69, 9.17) is 4.74 Å². The number of methoxy groups -OCH3 is 1. The molecule has 1 aliphatic carbocycles. The number of benzene rings is 1. The fraction of sp³-hybridized carbons (Fsp3) is 0.625. The molecule has 0 N–H and O–H groups in total. The number of ether oxygens (including phenoxy) is 1. The maximum Gasteiger partial charge on any atom is 0.391 e. The number of rotatable bonds is 4. The van der Waals surface area contributed by atoms with Crippen molar-refractivity contribution in [2.75, 3.05) is 7.11 Å². The molecular formula is C16H20BrF3O. The van der Waals surface area contributed by atoms with Gasteiger partial charge in [0.05, 0.1) is 13.0 Å². The molecule has 1 aliphatic rings. The molecule has 0 radical (unpaired) electrons. The summed E-state index contributed by atoms with van der Waals surface area (Å²) >= 11 is 3.67. The van der Waals surface area contributed by atoms with Gasteiger partial charge in [-0.25, -0.2) is 0 Å². The first-order chi connectivity index (χ1) is 9.90. The van der Waals surface area contributed by atoms with Crippen molar-refractivity contribution in [3.63, 3.8) is 0 Å². The molecule has 1 unspecified atom stereocenters. The predicted molar refractivity (Wildman–Crippen MR) is 80.9 cm³/mol. The lowest BCUT2D eigenvalue weighted by molar-refractivity contribution is -0.183. The van der Waals surface area contributed by atoms with E-state index in [2.05, 4.69) is 15.9 Å². The summed E-state index contributed by atoms with van der Waals surface area (Å²) < 4.78 is 43.1. The molecule has 2 rings (SSSR count). The van der Waals surface area contributed by atoms with Crippen molar-refractivity contribution in [1.29, 1.82) is 0 Å². The molecule has 1 aromatic carbocycles. The average molecular weight is 365 g/mol. The second-order valence-corrected chi connectivity index (χ2v) is 6.90. The zero-order valence-electron chi connectivity index (χ0n) is 12.0. The summed E-state index contributed by atoms with van der Waals surface area (Å²) in [6, 6.07) is 7.84. The molecule has 5 heteroatoms. The third-order valence-corrected chi connectivity index (χ3v) is 5.41. The fourth-order valence-electron chi connectivity index (χ4n) is 2.96. The van der Waals surface area contributed by atoms with E-state index in [1.54, 1.807) is 7.11 Å². The minimum atomic E-state index is -4.03. The molecular weight excluding hydrogens is 345 g/mol. The molecule has 0 bridgehead atoms. The van der Waals surface area contributed by atoms with Gasteiger partial charge in [-0.2, -0.15) is 13.2 Å². The zero-order valence-corrected chi connectivity index (χ0v) is 13.6. The third-order valence-electron chi connectivity index (χ3n) is 4.34. The molecule has 0 aromatic heterocycles. The first-order valence-electron chi connectivity index (χ1n) is 7.24. The van der Waals surface area contributed by atoms with Gasteiger partial charge in [-0.3, -0.25) is 0 Å². The largest absolute Gasteiger partial charge is 0.497 e. The van der Waals surface area contributed by atoms with Crippen molar-refractivity contribution in [2.45, 2.75) is 43.1 Å². The monoisotopic (exact) mass is 364 g/mol. The van der Waals surface area contributed by atoms with E-state index in [-0.39, 0.29) is 17.7 Å².